The second kappa shape index (κ2) is 4.09. The predicted molar refractivity (Wildman–Crippen MR) is 51.1 cm³/mol. The van der Waals surface area contributed by atoms with Crippen molar-refractivity contribution in [2.75, 3.05) is 0 Å². The van der Waals surface area contributed by atoms with Crippen LogP contribution in [0.3, 0.4) is 0 Å². The first kappa shape index (κ1) is 11.2. The van der Waals surface area contributed by atoms with E-state index in [2.05, 4.69) is 17.2 Å². The molecular formula is C8H3ClF3NS. The highest BCUT2D eigenvalue weighted by atomic mass is 35.5. The minimum absolute atomic E-state index is 0.0310. The van der Waals surface area contributed by atoms with E-state index in [0.717, 1.165) is 6.07 Å². The SMILES string of the molecule is FC(F)(F)c1cccc(N=C=S)c1Cl. The number of aliphatic imine (C=N–C) groups is 1. The highest BCUT2D eigenvalue weighted by Crippen LogP contribution is 2.38. The third-order valence-electron chi connectivity index (χ3n) is 1.45. The summed E-state index contributed by atoms with van der Waals surface area (Å²) in [6.45, 7) is 0. The molecule has 0 bridgehead atoms. The van der Waals surface area contributed by atoms with Crippen molar-refractivity contribution in [3.8, 4) is 0 Å². The number of hydrogen-bond donors (Lipinski definition) is 0. The molecule has 1 rings (SSSR count). The Hall–Kier alpha value is -0.900. The van der Waals surface area contributed by atoms with Gasteiger partial charge < -0.3 is 0 Å². The lowest BCUT2D eigenvalue weighted by atomic mass is 10.2. The number of thiocarbonyl (C=S) groups is 1. The van der Waals surface area contributed by atoms with Gasteiger partial charge in [-0.05, 0) is 24.4 Å². The lowest BCUT2D eigenvalue weighted by Crippen LogP contribution is -2.05. The van der Waals surface area contributed by atoms with E-state index in [1.807, 2.05) is 5.16 Å². The zero-order valence-corrected chi connectivity index (χ0v) is 8.17. The van der Waals surface area contributed by atoms with E-state index in [-0.39, 0.29) is 5.69 Å². The number of rotatable bonds is 1. The molecule has 0 radical (unpaired) electrons. The minimum Gasteiger partial charge on any atom is -0.193 e. The average molecular weight is 238 g/mol. The molecular weight excluding hydrogens is 235 g/mol. The summed E-state index contributed by atoms with van der Waals surface area (Å²) < 4.78 is 36.9. The molecule has 0 saturated heterocycles. The normalized spacial score (nSPS) is 10.9. The van der Waals surface area contributed by atoms with E-state index in [4.69, 9.17) is 11.6 Å². The number of hydrogen-bond acceptors (Lipinski definition) is 2. The second-order valence-electron chi connectivity index (χ2n) is 2.34. The van der Waals surface area contributed by atoms with E-state index in [1.54, 1.807) is 0 Å². The van der Waals surface area contributed by atoms with Crippen molar-refractivity contribution >= 4 is 34.7 Å². The van der Waals surface area contributed by atoms with Crippen LogP contribution in [0.25, 0.3) is 0 Å². The van der Waals surface area contributed by atoms with Gasteiger partial charge in [0.25, 0.3) is 0 Å². The third-order valence-corrected chi connectivity index (χ3v) is 1.94. The van der Waals surface area contributed by atoms with E-state index in [0.29, 0.717) is 0 Å². The van der Waals surface area contributed by atoms with Crippen LogP contribution in [0.2, 0.25) is 5.02 Å². The third kappa shape index (κ3) is 2.32. The Balaban J connectivity index is 3.34. The molecule has 0 heterocycles. The van der Waals surface area contributed by atoms with Crippen molar-refractivity contribution in [2.45, 2.75) is 6.18 Å². The molecule has 0 N–H and O–H groups in total. The fourth-order valence-electron chi connectivity index (χ4n) is 0.874. The van der Waals surface area contributed by atoms with Gasteiger partial charge in [0.2, 0.25) is 0 Å². The van der Waals surface area contributed by atoms with Crippen molar-refractivity contribution in [1.82, 2.24) is 0 Å². The van der Waals surface area contributed by atoms with Crippen molar-refractivity contribution in [2.24, 2.45) is 4.99 Å². The Labute approximate surface area is 88.2 Å². The summed E-state index contributed by atoms with van der Waals surface area (Å²) in [6, 6.07) is 3.42. The smallest absolute Gasteiger partial charge is 0.193 e. The van der Waals surface area contributed by atoms with Gasteiger partial charge in [-0.2, -0.15) is 18.2 Å². The van der Waals surface area contributed by atoms with Crippen LogP contribution in [0.1, 0.15) is 5.56 Å². The van der Waals surface area contributed by atoms with Gasteiger partial charge >= 0.3 is 6.18 Å². The maximum Gasteiger partial charge on any atom is 0.417 e. The standard InChI is InChI=1S/C8H3ClF3NS/c9-7-5(8(10,11)12)2-1-3-6(7)13-4-14/h1-3H. The number of benzene rings is 1. The quantitative estimate of drug-likeness (QED) is 0.529. The number of nitrogens with zero attached hydrogens (tertiary/aromatic N) is 1. The molecule has 6 heteroatoms. The Kier molecular flexibility index (Phi) is 3.26. The van der Waals surface area contributed by atoms with Crippen LogP contribution in [-0.4, -0.2) is 5.16 Å². The molecule has 0 saturated carbocycles. The van der Waals surface area contributed by atoms with Crippen LogP contribution in [-0.2, 0) is 6.18 Å². The summed E-state index contributed by atoms with van der Waals surface area (Å²) in [5.74, 6) is 0. The van der Waals surface area contributed by atoms with Crippen LogP contribution < -0.4 is 0 Å². The van der Waals surface area contributed by atoms with Crippen LogP contribution in [0.5, 0.6) is 0 Å². The minimum atomic E-state index is -4.48. The molecule has 0 aliphatic carbocycles. The van der Waals surface area contributed by atoms with Crippen LogP contribution in [0.4, 0.5) is 18.9 Å². The highest BCUT2D eigenvalue weighted by molar-refractivity contribution is 7.78. The van der Waals surface area contributed by atoms with Gasteiger partial charge in [0.1, 0.15) is 0 Å². The van der Waals surface area contributed by atoms with Gasteiger partial charge in [-0.15, -0.1) is 0 Å². The Morgan fingerprint density at radius 3 is 2.50 bits per heavy atom. The molecule has 0 unspecified atom stereocenters. The van der Waals surface area contributed by atoms with Crippen LogP contribution in [0, 0.1) is 0 Å². The summed E-state index contributed by atoms with van der Waals surface area (Å²) in [7, 11) is 0. The van der Waals surface area contributed by atoms with E-state index in [9.17, 15) is 13.2 Å². The zero-order chi connectivity index (χ0) is 10.8. The summed E-state index contributed by atoms with van der Waals surface area (Å²) in [4.78, 5) is 3.41. The van der Waals surface area contributed by atoms with Crippen LogP contribution in [0.15, 0.2) is 23.2 Å². The Morgan fingerprint density at radius 2 is 2.00 bits per heavy atom. The molecule has 1 aromatic carbocycles. The van der Waals surface area contributed by atoms with Crippen molar-refractivity contribution in [3.05, 3.63) is 28.8 Å². The number of halogens is 4. The summed E-state index contributed by atoms with van der Waals surface area (Å²) in [5, 5.41) is 1.50. The zero-order valence-electron chi connectivity index (χ0n) is 6.60. The largest absolute Gasteiger partial charge is 0.417 e. The molecule has 0 aliphatic rings. The Bertz CT molecular complexity index is 396. The van der Waals surface area contributed by atoms with E-state index in [1.165, 1.54) is 12.1 Å². The average Bonchev–Trinajstić information content (AvgIpc) is 2.07. The molecule has 0 spiro atoms. The molecule has 0 aliphatic heterocycles. The molecule has 0 aromatic heterocycles. The number of isothiocyanates is 1. The molecule has 1 aromatic rings. The summed E-state index contributed by atoms with van der Waals surface area (Å²) >= 11 is 9.75. The van der Waals surface area contributed by atoms with Gasteiger partial charge in [-0.1, -0.05) is 17.7 Å². The van der Waals surface area contributed by atoms with Gasteiger partial charge in [-0.3, -0.25) is 0 Å². The van der Waals surface area contributed by atoms with Crippen molar-refractivity contribution < 1.29 is 13.2 Å². The topological polar surface area (TPSA) is 12.4 Å². The van der Waals surface area contributed by atoms with Crippen molar-refractivity contribution in [1.29, 1.82) is 0 Å². The van der Waals surface area contributed by atoms with E-state index >= 15 is 0 Å². The Morgan fingerprint density at radius 1 is 1.36 bits per heavy atom. The fraction of sp³-hybridized carbons (Fsp3) is 0.125. The van der Waals surface area contributed by atoms with Gasteiger partial charge in [0.15, 0.2) is 0 Å². The maximum atomic E-state index is 12.3. The molecule has 0 atom stereocenters. The molecule has 1 nitrogen and oxygen atoms in total. The first-order valence-electron chi connectivity index (χ1n) is 3.40. The van der Waals surface area contributed by atoms with Gasteiger partial charge in [0.05, 0.1) is 21.4 Å². The maximum absolute atomic E-state index is 12.3. The summed E-state index contributed by atoms with van der Waals surface area (Å²) in [6.07, 6.45) is -4.48. The molecule has 0 fully saturated rings. The van der Waals surface area contributed by atoms with Crippen molar-refractivity contribution in [3.63, 3.8) is 0 Å². The van der Waals surface area contributed by atoms with Gasteiger partial charge in [0, 0.05) is 0 Å². The molecule has 14 heavy (non-hydrogen) atoms. The molecule has 74 valence electrons. The lowest BCUT2D eigenvalue weighted by Gasteiger charge is -2.09. The monoisotopic (exact) mass is 237 g/mol. The number of alkyl halides is 3. The first-order valence-corrected chi connectivity index (χ1v) is 4.19. The fourth-order valence-corrected chi connectivity index (χ4v) is 1.25. The van der Waals surface area contributed by atoms with Gasteiger partial charge in [-0.25, -0.2) is 0 Å². The molecule has 0 amide bonds. The lowest BCUT2D eigenvalue weighted by molar-refractivity contribution is -0.137. The highest BCUT2D eigenvalue weighted by Gasteiger charge is 2.33. The van der Waals surface area contributed by atoms with Crippen LogP contribution >= 0.6 is 23.8 Å². The second-order valence-corrected chi connectivity index (χ2v) is 2.90. The summed E-state index contributed by atoms with van der Waals surface area (Å²) in [5.41, 5.74) is -0.956. The predicted octanol–water partition coefficient (Wildman–Crippen LogP) is 4.09. The first-order chi connectivity index (χ1) is 6.46. The van der Waals surface area contributed by atoms with E-state index < -0.39 is 16.8 Å².